The van der Waals surface area contributed by atoms with Gasteiger partial charge in [0.1, 0.15) is 0 Å². The van der Waals surface area contributed by atoms with Crippen molar-refractivity contribution in [3.63, 3.8) is 0 Å². The fourth-order valence-electron chi connectivity index (χ4n) is 2.28. The third-order valence-corrected chi connectivity index (χ3v) is 5.87. The molecule has 10 heteroatoms. The monoisotopic (exact) mass is 359 g/mol. The molecule has 0 aliphatic carbocycles. The minimum Gasteiger partial charge on any atom is -0.381 e. The highest BCUT2D eigenvalue weighted by Crippen LogP contribution is 2.29. The van der Waals surface area contributed by atoms with Gasteiger partial charge in [-0.3, -0.25) is 4.99 Å². The predicted octanol–water partition coefficient (Wildman–Crippen LogP) is 1.09. The summed E-state index contributed by atoms with van der Waals surface area (Å²) in [4.78, 5) is 4.19. The Labute approximate surface area is 134 Å². The van der Waals surface area contributed by atoms with Gasteiger partial charge >= 0.3 is 6.18 Å². The summed E-state index contributed by atoms with van der Waals surface area (Å²) < 4.78 is 65.0. The molecule has 0 atom stereocenters. The first-order valence-electron chi connectivity index (χ1n) is 7.46. The predicted molar refractivity (Wildman–Crippen MR) is 82.3 cm³/mol. The lowest BCUT2D eigenvalue weighted by atomic mass is 9.99. The molecule has 1 fully saturated rings. The zero-order valence-electron chi connectivity index (χ0n) is 13.4. The van der Waals surface area contributed by atoms with Crippen LogP contribution in [0.2, 0.25) is 0 Å². The molecule has 6 nitrogen and oxygen atoms in total. The number of hydrogen-bond donors (Lipinski definition) is 2. The van der Waals surface area contributed by atoms with E-state index in [9.17, 15) is 21.6 Å². The lowest BCUT2D eigenvalue weighted by Crippen LogP contribution is -2.47. The van der Waals surface area contributed by atoms with Crippen LogP contribution in [0, 0.1) is 0 Å². The number of guanidine groups is 1. The average molecular weight is 359 g/mol. The molecule has 0 amide bonds. The molecule has 1 saturated heterocycles. The van der Waals surface area contributed by atoms with E-state index in [0.717, 1.165) is 6.26 Å². The Bertz CT molecular complexity index is 500. The minimum atomic E-state index is -4.25. The largest absolute Gasteiger partial charge is 0.390 e. The summed E-state index contributed by atoms with van der Waals surface area (Å²) in [6.07, 6.45) is -3.41. The first-order valence-corrected chi connectivity index (χ1v) is 9.35. The third-order valence-electron chi connectivity index (χ3n) is 3.76. The fraction of sp³-hybridized carbons (Fsp3) is 0.923. The molecule has 1 aliphatic rings. The van der Waals surface area contributed by atoms with Crippen molar-refractivity contribution in [2.24, 2.45) is 4.99 Å². The molecular formula is C13H24F3N3O3S. The number of alkyl halides is 3. The highest BCUT2D eigenvalue weighted by atomic mass is 32.2. The molecule has 0 bridgehead atoms. The number of nitrogens with one attached hydrogen (secondary N) is 2. The summed E-state index contributed by atoms with van der Waals surface area (Å²) in [6.45, 7) is 2.59. The molecule has 0 aromatic rings. The Morgan fingerprint density at radius 1 is 1.26 bits per heavy atom. The molecule has 0 spiro atoms. The number of aliphatic imine (C=N–C) groups is 1. The molecule has 136 valence electrons. The van der Waals surface area contributed by atoms with Gasteiger partial charge in [0.2, 0.25) is 0 Å². The minimum absolute atomic E-state index is 0.00343. The zero-order chi connectivity index (χ0) is 17.6. The number of ether oxygens (including phenoxy) is 1. The van der Waals surface area contributed by atoms with Gasteiger partial charge in [0.25, 0.3) is 0 Å². The quantitative estimate of drug-likeness (QED) is 0.548. The Kier molecular flexibility index (Phi) is 7.12. The average Bonchev–Trinajstić information content (AvgIpc) is 2.43. The van der Waals surface area contributed by atoms with Crippen LogP contribution in [0.3, 0.4) is 0 Å². The van der Waals surface area contributed by atoms with Crippen LogP contribution in [0.25, 0.3) is 0 Å². The maximum absolute atomic E-state index is 12.2. The molecule has 2 N–H and O–H groups in total. The fourth-order valence-corrected chi connectivity index (χ4v) is 3.48. The van der Waals surface area contributed by atoms with E-state index in [1.807, 2.05) is 0 Å². The van der Waals surface area contributed by atoms with Crippen molar-refractivity contribution in [3.05, 3.63) is 0 Å². The van der Waals surface area contributed by atoms with Crippen LogP contribution in [-0.2, 0) is 14.6 Å². The van der Waals surface area contributed by atoms with E-state index in [1.54, 1.807) is 6.92 Å². The van der Waals surface area contributed by atoms with Crippen molar-refractivity contribution in [2.75, 3.05) is 39.1 Å². The molecule has 0 saturated carbocycles. The van der Waals surface area contributed by atoms with Crippen molar-refractivity contribution in [2.45, 2.75) is 37.1 Å². The molecule has 0 radical (unpaired) electrons. The molecular weight excluding hydrogens is 335 g/mol. The summed E-state index contributed by atoms with van der Waals surface area (Å²) in [5, 5.41) is 5.40. The molecule has 0 unspecified atom stereocenters. The second kappa shape index (κ2) is 8.18. The summed E-state index contributed by atoms with van der Waals surface area (Å²) in [5.74, 6) is 0.186. The maximum atomic E-state index is 12.2. The first-order chi connectivity index (χ1) is 10.6. The Balaban J connectivity index is 2.77. The van der Waals surface area contributed by atoms with Crippen molar-refractivity contribution in [3.8, 4) is 0 Å². The molecule has 0 aromatic carbocycles. The highest BCUT2D eigenvalue weighted by Gasteiger charge is 2.42. The van der Waals surface area contributed by atoms with Crippen molar-refractivity contribution >= 4 is 15.8 Å². The van der Waals surface area contributed by atoms with Crippen LogP contribution in [-0.4, -0.2) is 64.4 Å². The smallest absolute Gasteiger partial charge is 0.381 e. The number of halogens is 3. The Hall–Kier alpha value is -1.03. The summed E-state index contributed by atoms with van der Waals surface area (Å²) in [5.41, 5.74) is 0. The van der Waals surface area contributed by atoms with Crippen molar-refractivity contribution < 1.29 is 26.3 Å². The molecule has 1 rings (SSSR count). The Morgan fingerprint density at radius 2 is 1.87 bits per heavy atom. The van der Waals surface area contributed by atoms with Gasteiger partial charge in [0.05, 0.1) is 17.7 Å². The van der Waals surface area contributed by atoms with Crippen molar-refractivity contribution in [1.82, 2.24) is 10.6 Å². The second-order valence-corrected chi connectivity index (χ2v) is 7.97. The molecule has 1 heterocycles. The van der Waals surface area contributed by atoms with Gasteiger partial charge in [-0.25, -0.2) is 8.42 Å². The van der Waals surface area contributed by atoms with Gasteiger partial charge in [0.15, 0.2) is 15.8 Å². The summed E-state index contributed by atoms with van der Waals surface area (Å²) in [7, 11) is -3.36. The van der Waals surface area contributed by atoms with Crippen LogP contribution in [0.15, 0.2) is 4.99 Å². The van der Waals surface area contributed by atoms with Gasteiger partial charge in [0, 0.05) is 32.6 Å². The van der Waals surface area contributed by atoms with Crippen LogP contribution >= 0.6 is 0 Å². The van der Waals surface area contributed by atoms with Crippen LogP contribution < -0.4 is 10.6 Å². The van der Waals surface area contributed by atoms with Gasteiger partial charge in [-0.15, -0.1) is 0 Å². The van der Waals surface area contributed by atoms with Crippen LogP contribution in [0.5, 0.6) is 0 Å². The van der Waals surface area contributed by atoms with Gasteiger partial charge in [-0.1, -0.05) is 0 Å². The highest BCUT2D eigenvalue weighted by molar-refractivity contribution is 7.92. The summed E-state index contributed by atoms with van der Waals surface area (Å²) in [6, 6.07) is 0. The second-order valence-electron chi connectivity index (χ2n) is 5.55. The maximum Gasteiger partial charge on any atom is 0.390 e. The van der Waals surface area contributed by atoms with E-state index >= 15 is 0 Å². The summed E-state index contributed by atoms with van der Waals surface area (Å²) >= 11 is 0. The molecule has 0 aromatic heterocycles. The van der Waals surface area contributed by atoms with Gasteiger partial charge < -0.3 is 15.4 Å². The lowest BCUT2D eigenvalue weighted by Gasteiger charge is -2.34. The van der Waals surface area contributed by atoms with Crippen LogP contribution in [0.1, 0.15) is 26.2 Å². The molecule has 1 aliphatic heterocycles. The zero-order valence-corrected chi connectivity index (χ0v) is 14.2. The van der Waals surface area contributed by atoms with E-state index in [4.69, 9.17) is 4.74 Å². The normalized spacial score (nSPS) is 19.4. The molecule has 23 heavy (non-hydrogen) atoms. The lowest BCUT2D eigenvalue weighted by molar-refractivity contribution is -0.132. The van der Waals surface area contributed by atoms with Gasteiger partial charge in [-0.05, 0) is 19.8 Å². The third kappa shape index (κ3) is 6.54. The topological polar surface area (TPSA) is 79.8 Å². The van der Waals surface area contributed by atoms with E-state index in [0.29, 0.717) is 32.6 Å². The van der Waals surface area contributed by atoms with Crippen LogP contribution in [0.4, 0.5) is 13.2 Å². The van der Waals surface area contributed by atoms with Gasteiger partial charge in [-0.2, -0.15) is 13.2 Å². The number of nitrogens with zero attached hydrogens (tertiary/aromatic N) is 1. The van der Waals surface area contributed by atoms with E-state index < -0.39 is 27.2 Å². The number of hydrogen-bond acceptors (Lipinski definition) is 4. The Morgan fingerprint density at radius 3 is 2.35 bits per heavy atom. The first kappa shape index (κ1) is 20.0. The van der Waals surface area contributed by atoms with E-state index in [1.165, 1.54) is 0 Å². The number of rotatable bonds is 6. The van der Waals surface area contributed by atoms with E-state index in [-0.39, 0.29) is 19.0 Å². The SMILES string of the molecule is CCNC(=NCC1(S(C)(=O)=O)CCOCC1)NCCC(F)(F)F. The standard InChI is InChI=1S/C13H24F3N3O3S/c1-3-17-11(18-7-4-13(14,15)16)19-10-12(23(2,20)21)5-8-22-9-6-12/h3-10H2,1-2H3,(H2,17,18,19). The van der Waals surface area contributed by atoms with E-state index in [2.05, 4.69) is 15.6 Å². The number of sulfone groups is 1. The van der Waals surface area contributed by atoms with Crippen molar-refractivity contribution in [1.29, 1.82) is 0 Å².